The highest BCUT2D eigenvalue weighted by molar-refractivity contribution is 5.70. The Morgan fingerprint density at radius 1 is 0.241 bits per heavy atom. The van der Waals surface area contributed by atoms with E-state index < -0.39 is 18.0 Å². The molecule has 0 aliphatic heterocycles. The number of aliphatic hydroxyl groups is 1. The number of carboxylic acids is 1. The molecule has 0 saturated carbocycles. The zero-order chi connectivity index (χ0) is 56.9. The molecule has 0 spiro atoms. The van der Waals surface area contributed by atoms with Crippen LogP contribution in [-0.4, -0.2) is 22.3 Å². The van der Waals surface area contributed by atoms with Crippen LogP contribution in [0.3, 0.4) is 0 Å². The molecule has 0 bridgehead atoms. The van der Waals surface area contributed by atoms with E-state index in [0.29, 0.717) is 12.8 Å². The van der Waals surface area contributed by atoms with Gasteiger partial charge in [-0.3, -0.25) is 4.79 Å². The molecule has 0 aromatic rings. The van der Waals surface area contributed by atoms with Crippen molar-refractivity contribution in [3.8, 4) is 0 Å². The van der Waals surface area contributed by atoms with Crippen molar-refractivity contribution in [2.24, 2.45) is 5.92 Å². The average Bonchev–Trinajstić information content (AvgIpc) is 3.45. The van der Waals surface area contributed by atoms with E-state index in [1.165, 1.54) is 392 Å². The van der Waals surface area contributed by atoms with Crippen molar-refractivity contribution < 1.29 is 15.0 Å². The van der Waals surface area contributed by atoms with Gasteiger partial charge in [-0.1, -0.05) is 404 Å². The van der Waals surface area contributed by atoms with E-state index in [2.05, 4.69) is 38.2 Å². The molecule has 0 aromatic carbocycles. The molecule has 0 radical (unpaired) electrons. The van der Waals surface area contributed by atoms with E-state index in [9.17, 15) is 15.0 Å². The van der Waals surface area contributed by atoms with Crippen molar-refractivity contribution in [3.05, 3.63) is 24.3 Å². The van der Waals surface area contributed by atoms with E-state index in [1.54, 1.807) is 0 Å². The van der Waals surface area contributed by atoms with Crippen LogP contribution < -0.4 is 0 Å². The summed E-state index contributed by atoms with van der Waals surface area (Å²) in [6.45, 7) is 4.60. The molecule has 470 valence electrons. The number of rotatable bonds is 71. The first-order chi connectivity index (χ1) is 39.1. The third-order valence-corrected chi connectivity index (χ3v) is 18.1. The predicted octanol–water partition coefficient (Wildman–Crippen LogP) is 27.3. The molecule has 0 unspecified atom stereocenters. The minimum absolute atomic E-state index is 0.584. The number of allylic oxidation sites excluding steroid dienone is 4. The number of aliphatic hydroxyl groups excluding tert-OH is 1. The van der Waals surface area contributed by atoms with Crippen molar-refractivity contribution in [1.82, 2.24) is 0 Å². The quantitative estimate of drug-likeness (QED) is 0.0471. The van der Waals surface area contributed by atoms with Gasteiger partial charge in [0, 0.05) is 0 Å². The van der Waals surface area contributed by atoms with Gasteiger partial charge in [0.15, 0.2) is 0 Å². The summed E-state index contributed by atoms with van der Waals surface area (Å²) < 4.78 is 0. The average molecular weight is 1110 g/mol. The molecular weight excluding hydrogens is 961 g/mol. The summed E-state index contributed by atoms with van der Waals surface area (Å²) in [7, 11) is 0. The van der Waals surface area contributed by atoms with Crippen LogP contribution in [0.2, 0.25) is 0 Å². The van der Waals surface area contributed by atoms with Crippen LogP contribution >= 0.6 is 0 Å². The number of carbonyl (C=O) groups is 1. The predicted molar refractivity (Wildman–Crippen MR) is 356 cm³/mol. The maximum Gasteiger partial charge on any atom is 0.309 e. The minimum atomic E-state index is -0.801. The Morgan fingerprint density at radius 2 is 0.392 bits per heavy atom. The topological polar surface area (TPSA) is 57.5 Å². The molecule has 3 nitrogen and oxygen atoms in total. The zero-order valence-corrected chi connectivity index (χ0v) is 54.6. The fourth-order valence-corrected chi connectivity index (χ4v) is 12.4. The van der Waals surface area contributed by atoms with Crippen molar-refractivity contribution in [2.75, 3.05) is 0 Å². The maximum atomic E-state index is 11.9. The molecule has 0 saturated heterocycles. The van der Waals surface area contributed by atoms with E-state index >= 15 is 0 Å². The molecule has 0 aromatic heterocycles. The standard InChI is InChI=1S/C76H148O3/c1-3-5-7-9-11-13-15-17-19-21-23-25-26-27-28-29-30-31-32-33-34-35-36-37-38-39-40-41-42-43-44-45-46-47-48-49-50-51-52-53-55-57-59-61-63-65-67-69-71-73-75(77)74(76(78)79)72-70-68-66-64-62-60-58-56-54-24-22-20-18-16-14-12-10-8-6-4-2/h31-32,45-46,74-75,77H,3-30,33-44,47-73H2,1-2H3,(H,78,79)/b32-31+,46-45+/t74-,75-/m1/s1. The molecule has 0 fully saturated rings. The van der Waals surface area contributed by atoms with Crippen LogP contribution in [0.15, 0.2) is 24.3 Å². The summed E-state index contributed by atoms with van der Waals surface area (Å²) in [6.07, 6.45) is 100. The van der Waals surface area contributed by atoms with Gasteiger partial charge in [-0.2, -0.15) is 0 Å². The van der Waals surface area contributed by atoms with Crippen LogP contribution in [0.1, 0.15) is 444 Å². The minimum Gasteiger partial charge on any atom is -0.481 e. The Hall–Kier alpha value is -1.09. The molecule has 3 heteroatoms. The van der Waals surface area contributed by atoms with Crippen LogP contribution in [0.5, 0.6) is 0 Å². The summed E-state index contributed by atoms with van der Waals surface area (Å²) in [4.78, 5) is 11.9. The normalized spacial score (nSPS) is 12.7. The fraction of sp³-hybridized carbons (Fsp3) is 0.934. The number of hydrogen-bond acceptors (Lipinski definition) is 2. The number of hydrogen-bond donors (Lipinski definition) is 2. The zero-order valence-electron chi connectivity index (χ0n) is 54.6. The second-order valence-electron chi connectivity index (χ2n) is 26.0. The van der Waals surface area contributed by atoms with Gasteiger partial charge in [-0.05, 0) is 64.2 Å². The summed E-state index contributed by atoms with van der Waals surface area (Å²) in [6, 6.07) is 0. The van der Waals surface area contributed by atoms with Crippen LogP contribution in [0.25, 0.3) is 0 Å². The molecule has 0 aliphatic carbocycles. The molecule has 0 heterocycles. The monoisotopic (exact) mass is 1110 g/mol. The first kappa shape index (κ1) is 77.9. The highest BCUT2D eigenvalue weighted by Crippen LogP contribution is 2.23. The smallest absolute Gasteiger partial charge is 0.309 e. The van der Waals surface area contributed by atoms with E-state index in [4.69, 9.17) is 0 Å². The summed E-state index contributed by atoms with van der Waals surface area (Å²) in [5.41, 5.74) is 0. The van der Waals surface area contributed by atoms with E-state index in [-0.39, 0.29) is 0 Å². The first-order valence-electron chi connectivity index (χ1n) is 37.3. The highest BCUT2D eigenvalue weighted by Gasteiger charge is 2.25. The Labute approximate surface area is 498 Å². The lowest BCUT2D eigenvalue weighted by atomic mass is 9.91. The second kappa shape index (κ2) is 71.2. The third-order valence-electron chi connectivity index (χ3n) is 18.1. The van der Waals surface area contributed by atoms with Crippen molar-refractivity contribution >= 4 is 5.97 Å². The molecule has 0 aliphatic rings. The fourth-order valence-electron chi connectivity index (χ4n) is 12.4. The van der Waals surface area contributed by atoms with Crippen molar-refractivity contribution in [3.63, 3.8) is 0 Å². The lowest BCUT2D eigenvalue weighted by molar-refractivity contribution is -0.146. The number of carboxylic acid groups (broad SMARTS) is 1. The summed E-state index contributed by atoms with van der Waals surface area (Å²) in [5, 5.41) is 20.5. The molecule has 2 atom stereocenters. The van der Waals surface area contributed by atoms with Crippen molar-refractivity contribution in [2.45, 2.75) is 450 Å². The Balaban J connectivity index is 3.34. The molecule has 2 N–H and O–H groups in total. The SMILES string of the molecule is CCCCCCCCCCCCCCCCCC/C=C/CCCCCCCCCCCC/C=C/CCCCCCCCCCCCCCCCC[C@@H](O)[C@@H](CCCCCCCCCCCCCCCCCCCCCC)C(=O)O. The van der Waals surface area contributed by atoms with Gasteiger partial charge in [-0.15, -0.1) is 0 Å². The van der Waals surface area contributed by atoms with Gasteiger partial charge >= 0.3 is 5.97 Å². The third kappa shape index (κ3) is 67.6. The Bertz CT molecular complexity index is 1160. The Morgan fingerprint density at radius 3 is 0.570 bits per heavy atom. The second-order valence-corrected chi connectivity index (χ2v) is 26.0. The van der Waals surface area contributed by atoms with Crippen molar-refractivity contribution in [1.29, 1.82) is 0 Å². The van der Waals surface area contributed by atoms with Gasteiger partial charge in [-0.25, -0.2) is 0 Å². The molecule has 79 heavy (non-hydrogen) atoms. The van der Waals surface area contributed by atoms with Gasteiger partial charge in [0.2, 0.25) is 0 Å². The lowest BCUT2D eigenvalue weighted by Crippen LogP contribution is -2.28. The van der Waals surface area contributed by atoms with E-state index in [0.717, 1.165) is 25.7 Å². The van der Waals surface area contributed by atoms with Gasteiger partial charge in [0.1, 0.15) is 0 Å². The molecule has 0 amide bonds. The molecule has 0 rings (SSSR count). The summed E-state index contributed by atoms with van der Waals surface area (Å²) >= 11 is 0. The maximum absolute atomic E-state index is 11.9. The lowest BCUT2D eigenvalue weighted by Gasteiger charge is -2.19. The summed E-state index contributed by atoms with van der Waals surface area (Å²) in [5.74, 6) is -1.39. The largest absolute Gasteiger partial charge is 0.481 e. The number of unbranched alkanes of at least 4 members (excludes halogenated alkanes) is 61. The van der Waals surface area contributed by atoms with E-state index in [1.807, 2.05) is 0 Å². The van der Waals surface area contributed by atoms with Crippen LogP contribution in [0.4, 0.5) is 0 Å². The first-order valence-corrected chi connectivity index (χ1v) is 37.3. The highest BCUT2D eigenvalue weighted by atomic mass is 16.4. The number of aliphatic carboxylic acids is 1. The van der Waals surface area contributed by atoms with Gasteiger partial charge in [0.05, 0.1) is 12.0 Å². The van der Waals surface area contributed by atoms with Gasteiger partial charge in [0.25, 0.3) is 0 Å². The van der Waals surface area contributed by atoms with Crippen LogP contribution in [-0.2, 0) is 4.79 Å². The Kier molecular flexibility index (Phi) is 70.2. The molecular formula is C76H148O3. The van der Waals surface area contributed by atoms with Gasteiger partial charge < -0.3 is 10.2 Å². The van der Waals surface area contributed by atoms with Crippen LogP contribution in [0, 0.1) is 5.92 Å².